The Balaban J connectivity index is 2.63. The predicted molar refractivity (Wildman–Crippen MR) is 87.9 cm³/mol. The van der Waals surface area contributed by atoms with Gasteiger partial charge >= 0.3 is 11.8 Å². The topological polar surface area (TPSA) is 78.4 Å². The average molecular weight is 327 g/mol. The molecule has 1 aromatic carbocycles. The first-order valence-electron chi connectivity index (χ1n) is 7.25. The number of benzene rings is 1. The fourth-order valence-electron chi connectivity index (χ4n) is 1.86. The molecule has 0 radical (unpaired) electrons. The van der Waals surface area contributed by atoms with Gasteiger partial charge in [0.05, 0.1) is 5.60 Å². The molecule has 1 rings (SSSR count). The maximum atomic E-state index is 11.9. The number of nitrogens with one attached hydrogen (secondary N) is 2. The molecule has 2 atom stereocenters. The second kappa shape index (κ2) is 7.61. The number of hydrogen-bond donors (Lipinski definition) is 3. The van der Waals surface area contributed by atoms with E-state index in [4.69, 9.17) is 11.6 Å². The molecule has 5 nitrogen and oxygen atoms in total. The monoisotopic (exact) mass is 326 g/mol. The van der Waals surface area contributed by atoms with Gasteiger partial charge in [0.15, 0.2) is 0 Å². The minimum Gasteiger partial charge on any atom is -0.388 e. The lowest BCUT2D eigenvalue weighted by Crippen LogP contribution is -2.47. The molecule has 0 fully saturated rings. The standard InChI is InChI=1S/C16H23ClN2O3/c1-5-11(3)16(4,22)9-18-14(20)15(21)19-13-8-12(17)7-6-10(13)2/h6-8,11,22H,5,9H2,1-4H3,(H,18,20)(H,19,21)/t11-,16-/m0/s1. The molecule has 0 aliphatic rings. The van der Waals surface area contributed by atoms with Gasteiger partial charge in [-0.3, -0.25) is 9.59 Å². The van der Waals surface area contributed by atoms with E-state index >= 15 is 0 Å². The van der Waals surface area contributed by atoms with E-state index in [1.54, 1.807) is 32.0 Å². The summed E-state index contributed by atoms with van der Waals surface area (Å²) in [5, 5.41) is 15.7. The first-order chi connectivity index (χ1) is 10.2. The molecule has 0 bridgehead atoms. The van der Waals surface area contributed by atoms with Crippen LogP contribution in [0, 0.1) is 12.8 Å². The number of carbonyl (C=O) groups is 2. The number of amides is 2. The van der Waals surface area contributed by atoms with Crippen molar-refractivity contribution in [1.29, 1.82) is 0 Å². The summed E-state index contributed by atoms with van der Waals surface area (Å²) in [6, 6.07) is 5.04. The Morgan fingerprint density at radius 2 is 2.00 bits per heavy atom. The third kappa shape index (κ3) is 5.00. The van der Waals surface area contributed by atoms with Crippen LogP contribution in [0.3, 0.4) is 0 Å². The van der Waals surface area contributed by atoms with Crippen molar-refractivity contribution in [2.24, 2.45) is 5.92 Å². The second-order valence-electron chi connectivity index (χ2n) is 5.76. The van der Waals surface area contributed by atoms with E-state index in [-0.39, 0.29) is 12.5 Å². The lowest BCUT2D eigenvalue weighted by molar-refractivity contribution is -0.137. The van der Waals surface area contributed by atoms with Crippen molar-refractivity contribution >= 4 is 29.1 Å². The minimum atomic E-state index is -1.06. The van der Waals surface area contributed by atoms with Crippen LogP contribution in [-0.4, -0.2) is 29.1 Å². The van der Waals surface area contributed by atoms with Crippen LogP contribution in [0.25, 0.3) is 0 Å². The third-order valence-corrected chi connectivity index (χ3v) is 4.17. The highest BCUT2D eigenvalue weighted by Gasteiger charge is 2.28. The van der Waals surface area contributed by atoms with E-state index in [0.717, 1.165) is 12.0 Å². The normalized spacial score (nSPS) is 14.8. The number of aliphatic hydroxyl groups is 1. The van der Waals surface area contributed by atoms with Gasteiger partial charge in [0, 0.05) is 17.3 Å². The Hall–Kier alpha value is -1.59. The van der Waals surface area contributed by atoms with E-state index in [9.17, 15) is 14.7 Å². The average Bonchev–Trinajstić information content (AvgIpc) is 2.47. The van der Waals surface area contributed by atoms with E-state index in [1.165, 1.54) is 0 Å². The number of carbonyl (C=O) groups excluding carboxylic acids is 2. The second-order valence-corrected chi connectivity index (χ2v) is 6.20. The van der Waals surface area contributed by atoms with Gasteiger partial charge in [-0.2, -0.15) is 0 Å². The molecule has 0 aromatic heterocycles. The molecule has 22 heavy (non-hydrogen) atoms. The van der Waals surface area contributed by atoms with E-state index < -0.39 is 17.4 Å². The van der Waals surface area contributed by atoms with Crippen molar-refractivity contribution in [3.8, 4) is 0 Å². The molecule has 2 amide bonds. The zero-order valence-corrected chi connectivity index (χ0v) is 14.1. The van der Waals surface area contributed by atoms with Crippen molar-refractivity contribution in [3.63, 3.8) is 0 Å². The quantitative estimate of drug-likeness (QED) is 0.727. The highest BCUT2D eigenvalue weighted by atomic mass is 35.5. The molecule has 1 aromatic rings. The highest BCUT2D eigenvalue weighted by molar-refractivity contribution is 6.40. The molecule has 0 aliphatic heterocycles. The minimum absolute atomic E-state index is 0.00559. The largest absolute Gasteiger partial charge is 0.388 e. The van der Waals surface area contributed by atoms with Crippen molar-refractivity contribution in [3.05, 3.63) is 28.8 Å². The van der Waals surface area contributed by atoms with Gasteiger partial charge in [-0.1, -0.05) is 37.9 Å². The summed E-state index contributed by atoms with van der Waals surface area (Å²) in [4.78, 5) is 23.7. The van der Waals surface area contributed by atoms with Crippen LogP contribution < -0.4 is 10.6 Å². The van der Waals surface area contributed by atoms with Crippen LogP contribution >= 0.6 is 11.6 Å². The first-order valence-corrected chi connectivity index (χ1v) is 7.63. The predicted octanol–water partition coefficient (Wildman–Crippen LogP) is 2.50. The van der Waals surface area contributed by atoms with E-state index in [0.29, 0.717) is 10.7 Å². The van der Waals surface area contributed by atoms with E-state index in [2.05, 4.69) is 10.6 Å². The Morgan fingerprint density at radius 1 is 1.36 bits per heavy atom. The zero-order valence-electron chi connectivity index (χ0n) is 13.4. The van der Waals surface area contributed by atoms with Crippen LogP contribution in [0.15, 0.2) is 18.2 Å². The van der Waals surface area contributed by atoms with Crippen LogP contribution in [0.2, 0.25) is 5.02 Å². The smallest absolute Gasteiger partial charge is 0.313 e. The third-order valence-electron chi connectivity index (χ3n) is 3.93. The molecular formula is C16H23ClN2O3. The van der Waals surface area contributed by atoms with Gasteiger partial charge in [-0.15, -0.1) is 0 Å². The molecule has 0 heterocycles. The molecule has 0 aliphatic carbocycles. The summed E-state index contributed by atoms with van der Waals surface area (Å²) in [6.45, 7) is 7.30. The van der Waals surface area contributed by atoms with E-state index in [1.807, 2.05) is 13.8 Å². The number of rotatable bonds is 5. The fourth-order valence-corrected chi connectivity index (χ4v) is 2.03. The summed E-state index contributed by atoms with van der Waals surface area (Å²) < 4.78 is 0. The van der Waals surface area contributed by atoms with Crippen LogP contribution in [0.1, 0.15) is 32.8 Å². The van der Waals surface area contributed by atoms with Crippen molar-refractivity contribution in [2.75, 3.05) is 11.9 Å². The van der Waals surface area contributed by atoms with Gasteiger partial charge in [0.25, 0.3) is 0 Å². The summed E-state index contributed by atoms with van der Waals surface area (Å²) in [5.41, 5.74) is 0.231. The fraction of sp³-hybridized carbons (Fsp3) is 0.500. The van der Waals surface area contributed by atoms with Gasteiger partial charge in [0.1, 0.15) is 0 Å². The van der Waals surface area contributed by atoms with Crippen molar-refractivity contribution in [2.45, 2.75) is 39.7 Å². The molecule has 122 valence electrons. The SMILES string of the molecule is CC[C@H](C)[C@@](C)(O)CNC(=O)C(=O)Nc1cc(Cl)ccc1C. The lowest BCUT2D eigenvalue weighted by Gasteiger charge is -2.29. The molecular weight excluding hydrogens is 304 g/mol. The maximum absolute atomic E-state index is 11.9. The number of aryl methyl sites for hydroxylation is 1. The summed E-state index contributed by atoms with van der Waals surface area (Å²) in [6.07, 6.45) is 0.775. The molecule has 3 N–H and O–H groups in total. The van der Waals surface area contributed by atoms with Gasteiger partial charge in [0.2, 0.25) is 0 Å². The van der Waals surface area contributed by atoms with Crippen LogP contribution in [0.5, 0.6) is 0 Å². The van der Waals surface area contributed by atoms with Crippen molar-refractivity contribution in [1.82, 2.24) is 5.32 Å². The molecule has 6 heteroatoms. The maximum Gasteiger partial charge on any atom is 0.313 e. The number of halogens is 1. The summed E-state index contributed by atoms with van der Waals surface area (Å²) >= 11 is 5.87. The summed E-state index contributed by atoms with van der Waals surface area (Å²) in [5.74, 6) is -1.57. The molecule has 0 spiro atoms. The van der Waals surface area contributed by atoms with Crippen LogP contribution in [0.4, 0.5) is 5.69 Å². The van der Waals surface area contributed by atoms with Crippen LogP contribution in [-0.2, 0) is 9.59 Å². The zero-order chi connectivity index (χ0) is 16.9. The molecule has 0 saturated heterocycles. The molecule has 0 unspecified atom stereocenters. The number of anilines is 1. The molecule has 0 saturated carbocycles. The Bertz CT molecular complexity index is 558. The lowest BCUT2D eigenvalue weighted by atomic mass is 9.89. The van der Waals surface area contributed by atoms with Gasteiger partial charge < -0.3 is 15.7 Å². The van der Waals surface area contributed by atoms with Gasteiger partial charge in [-0.05, 0) is 37.5 Å². The highest BCUT2D eigenvalue weighted by Crippen LogP contribution is 2.20. The Kier molecular flexibility index (Phi) is 6.38. The Labute approximate surface area is 136 Å². The van der Waals surface area contributed by atoms with Gasteiger partial charge in [-0.25, -0.2) is 0 Å². The first kappa shape index (κ1) is 18.5. The number of hydrogen-bond acceptors (Lipinski definition) is 3. The van der Waals surface area contributed by atoms with Crippen molar-refractivity contribution < 1.29 is 14.7 Å². The summed E-state index contributed by atoms with van der Waals surface area (Å²) in [7, 11) is 0. The Morgan fingerprint density at radius 3 is 2.59 bits per heavy atom.